The number of hydrogen-bond donors (Lipinski definition) is 0. The highest BCUT2D eigenvalue weighted by atomic mass is 32.2. The molecule has 1 aliphatic carbocycles. The van der Waals surface area contributed by atoms with Crippen LogP contribution < -0.4 is 5.56 Å². The van der Waals surface area contributed by atoms with Gasteiger partial charge in [0.15, 0.2) is 5.16 Å². The van der Waals surface area contributed by atoms with Crippen molar-refractivity contribution in [2.24, 2.45) is 5.92 Å². The number of piperazine rings is 1. The highest BCUT2D eigenvalue weighted by Gasteiger charge is 2.26. The van der Waals surface area contributed by atoms with Gasteiger partial charge in [-0.05, 0) is 49.9 Å². The Balaban J connectivity index is 1.55. The van der Waals surface area contributed by atoms with E-state index < -0.39 is 5.82 Å². The van der Waals surface area contributed by atoms with Gasteiger partial charge in [0.1, 0.15) is 10.6 Å². The maximum atomic E-state index is 14.8. The number of nitrogens with zero attached hydrogens (tertiary/aromatic N) is 4. The lowest BCUT2D eigenvalue weighted by Gasteiger charge is -2.32. The van der Waals surface area contributed by atoms with Crippen molar-refractivity contribution >= 4 is 39.2 Å². The number of hydrogen-bond acceptors (Lipinski definition) is 6. The molecule has 1 aromatic carbocycles. The number of para-hydroxylation sites is 1. The molecule has 2 aromatic heterocycles. The fraction of sp³-hybridized carbons (Fsp3) is 0.458. The van der Waals surface area contributed by atoms with Gasteiger partial charge in [0.25, 0.3) is 5.56 Å². The van der Waals surface area contributed by atoms with Gasteiger partial charge in [-0.15, -0.1) is 11.3 Å². The van der Waals surface area contributed by atoms with Crippen molar-refractivity contribution in [1.29, 1.82) is 0 Å². The largest absolute Gasteiger partial charge is 0.339 e. The van der Waals surface area contributed by atoms with Crippen molar-refractivity contribution in [3.63, 3.8) is 0 Å². The summed E-state index contributed by atoms with van der Waals surface area (Å²) in [6.07, 6.45) is 2.83. The highest BCUT2D eigenvalue weighted by Crippen LogP contribution is 2.37. The molecule has 1 unspecified atom stereocenters. The lowest BCUT2D eigenvalue weighted by atomic mass is 9.89. The Hall–Kier alpha value is -2.23. The minimum absolute atomic E-state index is 0.0156. The number of fused-ring (bicyclic) bond motifs is 3. The second-order valence-electron chi connectivity index (χ2n) is 8.99. The molecule has 5 rings (SSSR count). The molecule has 1 amide bonds. The molecular formula is C24H27FN4O2S2. The van der Waals surface area contributed by atoms with Crippen molar-refractivity contribution in [3.05, 3.63) is 50.9 Å². The average Bonchev–Trinajstić information content (AvgIpc) is 3.16. The summed E-state index contributed by atoms with van der Waals surface area (Å²) in [6, 6.07) is 6.26. The van der Waals surface area contributed by atoms with Crippen LogP contribution in [0.4, 0.5) is 4.39 Å². The van der Waals surface area contributed by atoms with Crippen LogP contribution in [0.2, 0.25) is 0 Å². The van der Waals surface area contributed by atoms with E-state index in [9.17, 15) is 14.0 Å². The zero-order valence-corrected chi connectivity index (χ0v) is 20.5. The second-order valence-corrected chi connectivity index (χ2v) is 11.0. The monoisotopic (exact) mass is 486 g/mol. The molecule has 1 atom stereocenters. The van der Waals surface area contributed by atoms with Crippen LogP contribution >= 0.6 is 23.1 Å². The SMILES string of the molecule is CC1CCc2c(sc3nc(SCC(=O)N4CCN(C)CC4)n(-c4ccccc4F)c(=O)c23)C1. The molecule has 6 nitrogen and oxygen atoms in total. The zero-order valence-electron chi connectivity index (χ0n) is 18.8. The van der Waals surface area contributed by atoms with Gasteiger partial charge in [-0.25, -0.2) is 9.37 Å². The van der Waals surface area contributed by atoms with E-state index >= 15 is 0 Å². The van der Waals surface area contributed by atoms with Crippen LogP contribution in [0.25, 0.3) is 15.9 Å². The maximum Gasteiger partial charge on any atom is 0.267 e. The summed E-state index contributed by atoms with van der Waals surface area (Å²) in [6.45, 7) is 5.31. The average molecular weight is 487 g/mol. The van der Waals surface area contributed by atoms with E-state index in [1.807, 2.05) is 11.9 Å². The summed E-state index contributed by atoms with van der Waals surface area (Å²) in [7, 11) is 2.05. The number of likely N-dealkylation sites (N-methyl/N-ethyl adjacent to an activating group) is 1. The molecule has 0 saturated carbocycles. The van der Waals surface area contributed by atoms with Crippen molar-refractivity contribution in [3.8, 4) is 5.69 Å². The van der Waals surface area contributed by atoms with Gasteiger partial charge in [-0.3, -0.25) is 14.2 Å². The number of halogens is 1. The van der Waals surface area contributed by atoms with E-state index in [0.717, 1.165) is 37.9 Å². The van der Waals surface area contributed by atoms with Crippen LogP contribution in [-0.2, 0) is 17.6 Å². The van der Waals surface area contributed by atoms with Crippen molar-refractivity contribution in [1.82, 2.24) is 19.4 Å². The predicted molar refractivity (Wildman–Crippen MR) is 131 cm³/mol. The third-order valence-electron chi connectivity index (χ3n) is 6.57. The predicted octanol–water partition coefficient (Wildman–Crippen LogP) is 3.58. The summed E-state index contributed by atoms with van der Waals surface area (Å²) in [5, 5.41) is 0.978. The molecule has 2 aliphatic rings. The number of aromatic nitrogens is 2. The number of benzene rings is 1. The Labute approximate surface area is 200 Å². The Morgan fingerprint density at radius 2 is 2.00 bits per heavy atom. The molecule has 0 spiro atoms. The molecule has 174 valence electrons. The molecule has 0 bridgehead atoms. The highest BCUT2D eigenvalue weighted by molar-refractivity contribution is 7.99. The Morgan fingerprint density at radius 3 is 2.76 bits per heavy atom. The second kappa shape index (κ2) is 9.19. The number of thioether (sulfide) groups is 1. The number of aryl methyl sites for hydroxylation is 1. The van der Waals surface area contributed by atoms with Gasteiger partial charge in [0.2, 0.25) is 5.91 Å². The van der Waals surface area contributed by atoms with Gasteiger partial charge in [-0.1, -0.05) is 30.8 Å². The zero-order chi connectivity index (χ0) is 23.1. The van der Waals surface area contributed by atoms with Gasteiger partial charge < -0.3 is 9.80 Å². The topological polar surface area (TPSA) is 58.4 Å². The van der Waals surface area contributed by atoms with Gasteiger partial charge in [0.05, 0.1) is 16.8 Å². The number of thiophene rings is 1. The van der Waals surface area contributed by atoms with E-state index in [-0.39, 0.29) is 22.9 Å². The lowest BCUT2D eigenvalue weighted by Crippen LogP contribution is -2.47. The van der Waals surface area contributed by atoms with Gasteiger partial charge >= 0.3 is 0 Å². The normalized spacial score (nSPS) is 19.1. The molecule has 0 N–H and O–H groups in total. The van der Waals surface area contributed by atoms with Gasteiger partial charge in [0, 0.05) is 31.1 Å². The van der Waals surface area contributed by atoms with Crippen LogP contribution in [0.3, 0.4) is 0 Å². The van der Waals surface area contributed by atoms with Crippen LogP contribution in [0.1, 0.15) is 23.8 Å². The molecule has 33 heavy (non-hydrogen) atoms. The van der Waals surface area contributed by atoms with Crippen LogP contribution in [-0.4, -0.2) is 64.2 Å². The first-order chi connectivity index (χ1) is 15.9. The summed E-state index contributed by atoms with van der Waals surface area (Å²) in [5.74, 6) is 0.278. The fourth-order valence-electron chi connectivity index (χ4n) is 4.59. The van der Waals surface area contributed by atoms with Crippen molar-refractivity contribution in [2.45, 2.75) is 31.3 Å². The van der Waals surface area contributed by atoms with Crippen molar-refractivity contribution in [2.75, 3.05) is 39.0 Å². The minimum atomic E-state index is -0.481. The number of amides is 1. The maximum absolute atomic E-state index is 14.8. The fourth-order valence-corrected chi connectivity index (χ4v) is 6.92. The third-order valence-corrected chi connectivity index (χ3v) is 8.64. The summed E-state index contributed by atoms with van der Waals surface area (Å²) in [4.78, 5) is 37.3. The molecule has 9 heteroatoms. The lowest BCUT2D eigenvalue weighted by molar-refractivity contribution is -0.129. The van der Waals surface area contributed by atoms with Crippen LogP contribution in [0.5, 0.6) is 0 Å². The molecule has 3 heterocycles. The Morgan fingerprint density at radius 1 is 1.24 bits per heavy atom. The summed E-state index contributed by atoms with van der Waals surface area (Å²) < 4.78 is 16.2. The number of carbonyl (C=O) groups excluding carboxylic acids is 1. The molecule has 1 aliphatic heterocycles. The number of rotatable bonds is 4. The summed E-state index contributed by atoms with van der Waals surface area (Å²) >= 11 is 2.79. The van der Waals surface area contributed by atoms with Gasteiger partial charge in [-0.2, -0.15) is 0 Å². The molecule has 0 radical (unpaired) electrons. The van der Waals surface area contributed by atoms with E-state index in [2.05, 4.69) is 11.8 Å². The first kappa shape index (κ1) is 22.6. The quantitative estimate of drug-likeness (QED) is 0.417. The van der Waals surface area contributed by atoms with E-state index in [1.54, 1.807) is 29.5 Å². The minimum Gasteiger partial charge on any atom is -0.339 e. The van der Waals surface area contributed by atoms with Crippen molar-refractivity contribution < 1.29 is 9.18 Å². The summed E-state index contributed by atoms with van der Waals surface area (Å²) in [5.41, 5.74) is 1.00. The molecule has 1 saturated heterocycles. The molecular weight excluding hydrogens is 459 g/mol. The first-order valence-electron chi connectivity index (χ1n) is 11.3. The van der Waals surface area contributed by atoms with E-state index in [1.165, 1.54) is 27.3 Å². The van der Waals surface area contributed by atoms with E-state index in [4.69, 9.17) is 4.98 Å². The smallest absolute Gasteiger partial charge is 0.267 e. The Bertz CT molecular complexity index is 1260. The van der Waals surface area contributed by atoms with E-state index in [0.29, 0.717) is 34.4 Å². The molecule has 3 aromatic rings. The standard InChI is InChI=1S/C24H27FN4O2S2/c1-15-7-8-16-19(13-15)33-22-21(16)23(31)29(18-6-4-3-5-17(18)25)24(26-22)32-14-20(30)28-11-9-27(2)10-12-28/h3-6,15H,7-14H2,1-2H3. The van der Waals surface area contributed by atoms with Crippen LogP contribution in [0.15, 0.2) is 34.2 Å². The Kier molecular flexibility index (Phi) is 6.28. The van der Waals surface area contributed by atoms with Crippen LogP contribution in [0, 0.1) is 11.7 Å². The number of carbonyl (C=O) groups is 1. The first-order valence-corrected chi connectivity index (χ1v) is 13.1. The molecule has 1 fully saturated rings. The third kappa shape index (κ3) is 4.34.